The molecular formula is C5H9IN-. The number of hydrogen-bond acceptors (Lipinski definition) is 1. The Morgan fingerprint density at radius 1 is 1.57 bits per heavy atom. The number of rotatable bonds is 2. The van der Waals surface area contributed by atoms with Crippen LogP contribution >= 0.6 is 0 Å². The van der Waals surface area contributed by atoms with Crippen LogP contribution in [0.2, 0.25) is 0 Å². The Morgan fingerprint density at radius 3 is 2.71 bits per heavy atom. The van der Waals surface area contributed by atoms with E-state index < -0.39 is 0 Å². The molecule has 2 heterocycles. The summed E-state index contributed by atoms with van der Waals surface area (Å²) in [6.07, 6.45) is 0. The second-order valence-electron chi connectivity index (χ2n) is 2.21. The Balaban J connectivity index is 1.69. The zero-order chi connectivity index (χ0) is 4.69. The van der Waals surface area contributed by atoms with Gasteiger partial charge in [0.2, 0.25) is 0 Å². The van der Waals surface area contributed by atoms with Gasteiger partial charge in [0.25, 0.3) is 0 Å². The predicted octanol–water partition coefficient (Wildman–Crippen LogP) is -3.23. The molecule has 2 rings (SSSR count). The van der Waals surface area contributed by atoms with E-state index in [-0.39, 0.29) is 0 Å². The fraction of sp³-hybridized carbons (Fsp3) is 1.00. The minimum absolute atomic E-state index is 0.739. The topological polar surface area (TPSA) is 3.01 Å². The van der Waals surface area contributed by atoms with Crippen molar-refractivity contribution >= 4 is 0 Å². The molecule has 0 bridgehead atoms. The molecule has 1 nitrogen and oxygen atoms in total. The van der Waals surface area contributed by atoms with Gasteiger partial charge in [0.1, 0.15) is 0 Å². The van der Waals surface area contributed by atoms with Gasteiger partial charge in [-0.3, -0.25) is 0 Å². The van der Waals surface area contributed by atoms with Gasteiger partial charge in [-0.05, 0) is 0 Å². The monoisotopic (exact) mass is 210 g/mol. The average Bonchev–Trinajstić information content (AvgIpc) is 2.33. The molecule has 0 aliphatic carbocycles. The SMILES string of the molecule is C1[I-]C1CN1CC1. The van der Waals surface area contributed by atoms with E-state index in [1.54, 1.807) is 4.43 Å². The summed E-state index contributed by atoms with van der Waals surface area (Å²) in [4.78, 5) is 2.54. The molecule has 0 aromatic carbocycles. The standard InChI is InChI=1S/C5H9IN/c1-2-7(1)4-5-3-6-5/h5H,1-4H2/q-1. The van der Waals surface area contributed by atoms with E-state index in [4.69, 9.17) is 0 Å². The normalized spacial score (nSPS) is 39.7. The third-order valence-corrected chi connectivity index (χ3v) is 3.89. The first-order chi connectivity index (χ1) is 3.45. The Morgan fingerprint density at radius 2 is 2.29 bits per heavy atom. The molecule has 7 heavy (non-hydrogen) atoms. The average molecular weight is 210 g/mol. The Kier molecular flexibility index (Phi) is 1.03. The Hall–Kier alpha value is 0.690. The molecule has 2 saturated heterocycles. The van der Waals surface area contributed by atoms with E-state index in [2.05, 4.69) is 4.90 Å². The van der Waals surface area contributed by atoms with Crippen LogP contribution in [-0.4, -0.2) is 32.9 Å². The van der Waals surface area contributed by atoms with Crippen LogP contribution in [0, 0.1) is 0 Å². The molecular weight excluding hydrogens is 201 g/mol. The number of alkyl halides is 2. The van der Waals surface area contributed by atoms with Crippen molar-refractivity contribution in [3.8, 4) is 0 Å². The van der Waals surface area contributed by atoms with Gasteiger partial charge < -0.3 is 0 Å². The van der Waals surface area contributed by atoms with Gasteiger partial charge in [0.05, 0.1) is 0 Å². The van der Waals surface area contributed by atoms with Crippen LogP contribution in [0.4, 0.5) is 0 Å². The van der Waals surface area contributed by atoms with Crippen molar-refractivity contribution in [2.45, 2.75) is 3.92 Å². The van der Waals surface area contributed by atoms with Crippen molar-refractivity contribution in [2.75, 3.05) is 24.1 Å². The van der Waals surface area contributed by atoms with Gasteiger partial charge >= 0.3 is 54.1 Å². The second-order valence-corrected chi connectivity index (χ2v) is 5.73. The molecule has 0 saturated carbocycles. The summed E-state index contributed by atoms with van der Waals surface area (Å²) in [6, 6.07) is 0. The van der Waals surface area contributed by atoms with Crippen LogP contribution in [0.1, 0.15) is 0 Å². The summed E-state index contributed by atoms with van der Waals surface area (Å²) in [6.45, 7) is 4.27. The van der Waals surface area contributed by atoms with Gasteiger partial charge in [-0.2, -0.15) is 0 Å². The third kappa shape index (κ3) is 1.29. The first-order valence-electron chi connectivity index (χ1n) is 2.75. The summed E-state index contributed by atoms with van der Waals surface area (Å²) < 4.78 is 2.84. The number of halogens is 1. The summed E-state index contributed by atoms with van der Waals surface area (Å²) in [5, 5.41) is 0. The van der Waals surface area contributed by atoms with E-state index in [0.717, 1.165) is 21.2 Å². The van der Waals surface area contributed by atoms with E-state index in [1.165, 1.54) is 23.6 Å². The maximum atomic E-state index is 2.54. The molecule has 1 atom stereocenters. The summed E-state index contributed by atoms with van der Waals surface area (Å²) in [5.41, 5.74) is 0. The molecule has 0 radical (unpaired) electrons. The van der Waals surface area contributed by atoms with E-state index in [9.17, 15) is 0 Å². The van der Waals surface area contributed by atoms with Crippen LogP contribution in [0.25, 0.3) is 0 Å². The third-order valence-electron chi connectivity index (χ3n) is 1.37. The zero-order valence-corrected chi connectivity index (χ0v) is 6.39. The van der Waals surface area contributed by atoms with Crippen molar-refractivity contribution in [1.82, 2.24) is 4.90 Å². The van der Waals surface area contributed by atoms with Crippen molar-refractivity contribution in [1.29, 1.82) is 0 Å². The van der Waals surface area contributed by atoms with Gasteiger partial charge in [-0.25, -0.2) is 0 Å². The first kappa shape index (κ1) is 4.56. The fourth-order valence-corrected chi connectivity index (χ4v) is 2.17. The fourth-order valence-electron chi connectivity index (χ4n) is 0.694. The van der Waals surface area contributed by atoms with Crippen LogP contribution in [-0.2, 0) is 0 Å². The van der Waals surface area contributed by atoms with Gasteiger partial charge in [-0.15, -0.1) is 0 Å². The van der Waals surface area contributed by atoms with Crippen molar-refractivity contribution in [2.24, 2.45) is 0 Å². The van der Waals surface area contributed by atoms with Gasteiger partial charge in [0, 0.05) is 0 Å². The summed E-state index contributed by atoms with van der Waals surface area (Å²) >= 11 is 0.739. The number of nitrogens with zero attached hydrogens (tertiary/aromatic N) is 1. The van der Waals surface area contributed by atoms with Crippen LogP contribution in [0.3, 0.4) is 0 Å². The van der Waals surface area contributed by atoms with Gasteiger partial charge in [0.15, 0.2) is 0 Å². The van der Waals surface area contributed by atoms with Crippen molar-refractivity contribution in [3.63, 3.8) is 0 Å². The minimum atomic E-state index is 0.739. The van der Waals surface area contributed by atoms with Gasteiger partial charge in [-0.1, -0.05) is 0 Å². The van der Waals surface area contributed by atoms with Crippen LogP contribution in [0.15, 0.2) is 0 Å². The number of hydrogen-bond donors (Lipinski definition) is 0. The maximum absolute atomic E-state index is 2.54. The molecule has 2 heteroatoms. The molecule has 2 aliphatic rings. The van der Waals surface area contributed by atoms with Crippen molar-refractivity contribution in [3.05, 3.63) is 0 Å². The molecule has 0 N–H and O–H groups in total. The Bertz CT molecular complexity index is 66.1. The van der Waals surface area contributed by atoms with E-state index >= 15 is 0 Å². The first-order valence-corrected chi connectivity index (χ1v) is 5.52. The molecule has 42 valence electrons. The van der Waals surface area contributed by atoms with Crippen molar-refractivity contribution < 1.29 is 21.2 Å². The predicted molar refractivity (Wildman–Crippen MR) is 25.1 cm³/mol. The zero-order valence-electron chi connectivity index (χ0n) is 4.23. The summed E-state index contributed by atoms with van der Waals surface area (Å²) in [5.74, 6) is 0. The Labute approximate surface area is 54.3 Å². The van der Waals surface area contributed by atoms with E-state index in [0.29, 0.717) is 0 Å². The molecule has 2 aliphatic heterocycles. The molecule has 2 fully saturated rings. The second kappa shape index (κ2) is 1.58. The quantitative estimate of drug-likeness (QED) is 0.263. The molecule has 0 amide bonds. The summed E-state index contributed by atoms with van der Waals surface area (Å²) in [7, 11) is 0. The van der Waals surface area contributed by atoms with Crippen LogP contribution in [0.5, 0.6) is 0 Å². The molecule has 0 aromatic rings. The van der Waals surface area contributed by atoms with E-state index in [1.807, 2.05) is 0 Å². The molecule has 0 aromatic heterocycles. The van der Waals surface area contributed by atoms with Crippen LogP contribution < -0.4 is 21.2 Å². The molecule has 0 spiro atoms. The molecule has 1 unspecified atom stereocenters.